The van der Waals surface area contributed by atoms with Crippen LogP contribution in [0.4, 0.5) is 4.79 Å². The highest BCUT2D eigenvalue weighted by Gasteiger charge is 2.47. The Morgan fingerprint density at radius 1 is 1.28 bits per heavy atom. The molecule has 1 aromatic carbocycles. The van der Waals surface area contributed by atoms with Crippen molar-refractivity contribution in [3.8, 4) is 0 Å². The zero-order valence-electron chi connectivity index (χ0n) is 14.2. The number of hydrogen-bond donors (Lipinski definition) is 1. The summed E-state index contributed by atoms with van der Waals surface area (Å²) < 4.78 is 0. The molecular weight excluding hydrogens is 344 g/mol. The van der Waals surface area contributed by atoms with Gasteiger partial charge in [0.15, 0.2) is 0 Å². The number of amides is 4. The summed E-state index contributed by atoms with van der Waals surface area (Å²) in [5, 5.41) is 3.37. The first kappa shape index (κ1) is 17.5. The van der Waals surface area contributed by atoms with Gasteiger partial charge in [-0.25, -0.2) is 4.79 Å². The smallest absolute Gasteiger partial charge is 0.321 e. The van der Waals surface area contributed by atoms with Crippen LogP contribution >= 0.6 is 11.6 Å². The van der Waals surface area contributed by atoms with Gasteiger partial charge in [0.1, 0.15) is 12.6 Å². The number of urea groups is 1. The lowest BCUT2D eigenvalue weighted by Gasteiger charge is -2.38. The summed E-state index contributed by atoms with van der Waals surface area (Å²) in [6.07, 6.45) is 0. The maximum absolute atomic E-state index is 12.5. The molecule has 0 unspecified atom stereocenters. The fourth-order valence-corrected chi connectivity index (χ4v) is 3.61. The molecule has 0 aliphatic carbocycles. The van der Waals surface area contributed by atoms with Gasteiger partial charge in [0.2, 0.25) is 11.8 Å². The molecule has 134 valence electrons. The topological polar surface area (TPSA) is 73.0 Å². The highest BCUT2D eigenvalue weighted by Crippen LogP contribution is 2.24. The summed E-state index contributed by atoms with van der Waals surface area (Å²) in [5.74, 6) is -0.324. The molecular formula is C17H21ClN4O3. The summed E-state index contributed by atoms with van der Waals surface area (Å²) in [6, 6.07) is 6.46. The number of carbonyl (C=O) groups is 3. The van der Waals surface area contributed by atoms with E-state index in [2.05, 4.69) is 5.32 Å². The molecule has 0 saturated carbocycles. The van der Waals surface area contributed by atoms with Gasteiger partial charge in [0.25, 0.3) is 0 Å². The van der Waals surface area contributed by atoms with Gasteiger partial charge in [-0.05, 0) is 18.6 Å². The van der Waals surface area contributed by atoms with Gasteiger partial charge in [0, 0.05) is 31.7 Å². The molecule has 0 spiro atoms. The van der Waals surface area contributed by atoms with Gasteiger partial charge in [-0.2, -0.15) is 0 Å². The van der Waals surface area contributed by atoms with Gasteiger partial charge in [-0.3, -0.25) is 9.59 Å². The minimum Gasteiger partial charge on any atom is -0.350 e. The number of carbonyl (C=O) groups excluding carboxylic acids is 3. The number of rotatable bonds is 4. The predicted molar refractivity (Wildman–Crippen MR) is 93.0 cm³/mol. The molecule has 2 heterocycles. The van der Waals surface area contributed by atoms with Crippen molar-refractivity contribution >= 4 is 29.4 Å². The van der Waals surface area contributed by atoms with Crippen LogP contribution in [0, 0.1) is 0 Å². The number of nitrogens with zero attached hydrogens (tertiary/aromatic N) is 3. The zero-order chi connectivity index (χ0) is 18.1. The summed E-state index contributed by atoms with van der Waals surface area (Å²) in [6.45, 7) is 2.95. The van der Waals surface area contributed by atoms with E-state index in [0.717, 1.165) is 5.56 Å². The van der Waals surface area contributed by atoms with E-state index in [4.69, 9.17) is 11.6 Å². The standard InChI is InChI=1S/C17H21ClN4O3/c1-11-16(24)20(2)8-13-9-21(17(25)22(11)13)10-15(23)19-7-12-5-3-4-6-14(12)18/h3-6,11,13H,7-10H2,1-2H3,(H,19,23)/t11-,13-/m0/s1. The molecule has 4 amide bonds. The quantitative estimate of drug-likeness (QED) is 0.863. The molecule has 2 saturated heterocycles. The number of fused-ring (bicyclic) bond motifs is 1. The average molecular weight is 365 g/mol. The van der Waals surface area contributed by atoms with Crippen LogP contribution in [0.2, 0.25) is 5.02 Å². The second kappa shape index (κ2) is 6.92. The zero-order valence-corrected chi connectivity index (χ0v) is 15.0. The van der Waals surface area contributed by atoms with Gasteiger partial charge in [-0.1, -0.05) is 29.8 Å². The van der Waals surface area contributed by atoms with E-state index in [1.165, 1.54) is 4.90 Å². The molecule has 2 atom stereocenters. The Labute approximate surface area is 151 Å². The lowest BCUT2D eigenvalue weighted by atomic mass is 10.1. The third-order valence-electron chi connectivity index (χ3n) is 4.72. The summed E-state index contributed by atoms with van der Waals surface area (Å²) in [7, 11) is 1.74. The van der Waals surface area contributed by atoms with Crippen molar-refractivity contribution in [2.45, 2.75) is 25.6 Å². The van der Waals surface area contributed by atoms with E-state index in [1.807, 2.05) is 18.2 Å². The Balaban J connectivity index is 1.58. The van der Waals surface area contributed by atoms with Crippen LogP contribution in [0.1, 0.15) is 12.5 Å². The maximum atomic E-state index is 12.5. The van der Waals surface area contributed by atoms with Crippen LogP contribution < -0.4 is 5.32 Å². The molecule has 0 aromatic heterocycles. The Hall–Kier alpha value is -2.28. The Bertz CT molecular complexity index is 711. The van der Waals surface area contributed by atoms with Gasteiger partial charge in [-0.15, -0.1) is 0 Å². The van der Waals surface area contributed by atoms with E-state index in [9.17, 15) is 14.4 Å². The Morgan fingerprint density at radius 2 is 2.00 bits per heavy atom. The fourth-order valence-electron chi connectivity index (χ4n) is 3.41. The third-order valence-corrected chi connectivity index (χ3v) is 5.09. The monoisotopic (exact) mass is 364 g/mol. The molecule has 1 aromatic rings. The number of halogens is 1. The molecule has 0 bridgehead atoms. The molecule has 2 aliphatic rings. The molecule has 0 radical (unpaired) electrons. The fraction of sp³-hybridized carbons (Fsp3) is 0.471. The molecule has 8 heteroatoms. The van der Waals surface area contributed by atoms with Gasteiger partial charge < -0.3 is 20.0 Å². The lowest BCUT2D eigenvalue weighted by molar-refractivity contribution is -0.139. The Morgan fingerprint density at radius 3 is 2.72 bits per heavy atom. The SMILES string of the molecule is C[C@H]1C(=O)N(C)C[C@H]2CN(CC(=O)NCc3ccccc3Cl)C(=O)N21. The largest absolute Gasteiger partial charge is 0.350 e. The normalized spacial score (nSPS) is 23.1. The molecule has 1 N–H and O–H groups in total. The van der Waals surface area contributed by atoms with Crippen molar-refractivity contribution in [3.63, 3.8) is 0 Å². The summed E-state index contributed by atoms with van der Waals surface area (Å²) in [4.78, 5) is 41.5. The highest BCUT2D eigenvalue weighted by molar-refractivity contribution is 6.31. The van der Waals surface area contributed by atoms with E-state index in [0.29, 0.717) is 24.7 Å². The van der Waals surface area contributed by atoms with Crippen molar-refractivity contribution in [3.05, 3.63) is 34.9 Å². The van der Waals surface area contributed by atoms with Crippen molar-refractivity contribution in [1.82, 2.24) is 20.0 Å². The minimum atomic E-state index is -0.493. The van der Waals surface area contributed by atoms with Crippen molar-refractivity contribution in [2.75, 3.05) is 26.7 Å². The molecule has 7 nitrogen and oxygen atoms in total. The van der Waals surface area contributed by atoms with Crippen molar-refractivity contribution < 1.29 is 14.4 Å². The first-order chi connectivity index (χ1) is 11.9. The van der Waals surface area contributed by atoms with Gasteiger partial charge in [0.05, 0.1) is 6.04 Å². The van der Waals surface area contributed by atoms with Crippen LogP contribution in [0.5, 0.6) is 0 Å². The molecule has 25 heavy (non-hydrogen) atoms. The van der Waals surface area contributed by atoms with Gasteiger partial charge >= 0.3 is 6.03 Å². The van der Waals surface area contributed by atoms with Crippen LogP contribution in [-0.2, 0) is 16.1 Å². The third kappa shape index (κ3) is 3.42. The summed E-state index contributed by atoms with van der Waals surface area (Å²) >= 11 is 6.07. The Kier molecular flexibility index (Phi) is 4.85. The number of likely N-dealkylation sites (N-methyl/N-ethyl adjacent to an activating group) is 1. The van der Waals surface area contributed by atoms with E-state index < -0.39 is 6.04 Å². The number of hydrogen-bond acceptors (Lipinski definition) is 3. The number of benzene rings is 1. The number of piperazine rings is 1. The summed E-state index contributed by atoms with van der Waals surface area (Å²) in [5.41, 5.74) is 0.823. The van der Waals surface area contributed by atoms with Crippen LogP contribution in [-0.4, -0.2) is 71.3 Å². The minimum absolute atomic E-state index is 0.0269. The predicted octanol–water partition coefficient (Wildman–Crippen LogP) is 0.923. The first-order valence-corrected chi connectivity index (χ1v) is 8.58. The number of nitrogens with one attached hydrogen (secondary N) is 1. The van der Waals surface area contributed by atoms with Crippen molar-refractivity contribution in [1.29, 1.82) is 0 Å². The van der Waals surface area contributed by atoms with E-state index >= 15 is 0 Å². The first-order valence-electron chi connectivity index (χ1n) is 8.21. The molecule has 3 rings (SSSR count). The lowest BCUT2D eigenvalue weighted by Crippen LogP contribution is -2.58. The highest BCUT2D eigenvalue weighted by atomic mass is 35.5. The van der Waals surface area contributed by atoms with Crippen LogP contribution in [0.25, 0.3) is 0 Å². The van der Waals surface area contributed by atoms with Crippen LogP contribution in [0.15, 0.2) is 24.3 Å². The van der Waals surface area contributed by atoms with Crippen LogP contribution in [0.3, 0.4) is 0 Å². The maximum Gasteiger partial charge on any atom is 0.321 e. The van der Waals surface area contributed by atoms with Crippen molar-refractivity contribution in [2.24, 2.45) is 0 Å². The molecule has 2 aliphatic heterocycles. The average Bonchev–Trinajstić information content (AvgIpc) is 2.87. The molecule has 2 fully saturated rings. The van der Waals surface area contributed by atoms with E-state index in [-0.39, 0.29) is 30.4 Å². The van der Waals surface area contributed by atoms with E-state index in [1.54, 1.807) is 29.8 Å². The second-order valence-corrected chi connectivity index (χ2v) is 6.89. The second-order valence-electron chi connectivity index (χ2n) is 6.49.